The molecule has 0 aromatic carbocycles. The van der Waals surface area contributed by atoms with Crippen LogP contribution in [0.25, 0.3) is 10.7 Å². The first-order chi connectivity index (χ1) is 13.2. The minimum Gasteiger partial charge on any atom is -0.383 e. The predicted molar refractivity (Wildman–Crippen MR) is 102 cm³/mol. The van der Waals surface area contributed by atoms with Gasteiger partial charge in [-0.3, -0.25) is 9.69 Å². The lowest BCUT2D eigenvalue weighted by Gasteiger charge is -2.36. The van der Waals surface area contributed by atoms with Gasteiger partial charge in [0.05, 0.1) is 11.4 Å². The van der Waals surface area contributed by atoms with Gasteiger partial charge in [0.1, 0.15) is 6.10 Å². The van der Waals surface area contributed by atoms with E-state index in [-0.39, 0.29) is 11.8 Å². The van der Waals surface area contributed by atoms with E-state index in [1.54, 1.807) is 16.2 Å². The molecule has 3 heterocycles. The Balaban J connectivity index is 1.27. The maximum Gasteiger partial charge on any atom is 0.251 e. The molecule has 8 heteroatoms. The lowest BCUT2D eigenvalue weighted by Crippen LogP contribution is -2.52. The second-order valence-electron chi connectivity index (χ2n) is 7.43. The van der Waals surface area contributed by atoms with Gasteiger partial charge in [0.2, 0.25) is 11.7 Å². The topological polar surface area (TPSA) is 82.7 Å². The van der Waals surface area contributed by atoms with Crippen LogP contribution in [0.4, 0.5) is 0 Å². The van der Waals surface area contributed by atoms with Gasteiger partial charge in [0.25, 0.3) is 5.91 Å². The van der Waals surface area contributed by atoms with Crippen LogP contribution in [-0.2, 0) is 11.3 Å². The van der Waals surface area contributed by atoms with E-state index in [9.17, 15) is 9.90 Å². The summed E-state index contributed by atoms with van der Waals surface area (Å²) in [7, 11) is 0. The van der Waals surface area contributed by atoms with Crippen molar-refractivity contribution in [2.24, 2.45) is 5.92 Å². The molecule has 1 amide bonds. The summed E-state index contributed by atoms with van der Waals surface area (Å²) in [6, 6.07) is 3.94. The van der Waals surface area contributed by atoms with Gasteiger partial charge in [-0.1, -0.05) is 30.5 Å². The zero-order chi connectivity index (χ0) is 18.6. The molecule has 2 aromatic rings. The number of thiophene rings is 1. The van der Waals surface area contributed by atoms with E-state index in [1.165, 1.54) is 6.42 Å². The number of carbonyl (C=O) groups excluding carboxylic acids is 1. The Bertz CT molecular complexity index is 734. The van der Waals surface area contributed by atoms with Gasteiger partial charge in [0.15, 0.2) is 0 Å². The molecule has 1 aliphatic heterocycles. The molecule has 0 radical (unpaired) electrons. The van der Waals surface area contributed by atoms with E-state index in [0.29, 0.717) is 31.3 Å². The third-order valence-corrected chi connectivity index (χ3v) is 6.47. The lowest BCUT2D eigenvalue weighted by atomic mass is 9.85. The monoisotopic (exact) mass is 390 g/mol. The Kier molecular flexibility index (Phi) is 5.85. The first kappa shape index (κ1) is 18.6. The molecule has 1 saturated heterocycles. The van der Waals surface area contributed by atoms with Gasteiger partial charge in [0, 0.05) is 26.2 Å². The molecule has 2 aromatic heterocycles. The standard InChI is InChI=1S/C19H26N4O3S/c24-17(14-5-2-1-3-6-14)19(25)23-10-8-22(9-11-23)13-16-20-18(21-26-16)15-7-4-12-27-15/h4,7,12,14,17,24H,1-3,5-6,8-11,13H2. The third kappa shape index (κ3) is 4.39. The van der Waals surface area contributed by atoms with Gasteiger partial charge >= 0.3 is 0 Å². The second kappa shape index (κ2) is 8.50. The highest BCUT2D eigenvalue weighted by Gasteiger charge is 2.32. The fraction of sp³-hybridized carbons (Fsp3) is 0.632. The number of nitrogens with zero attached hydrogens (tertiary/aromatic N) is 4. The quantitative estimate of drug-likeness (QED) is 0.844. The van der Waals surface area contributed by atoms with Crippen molar-refractivity contribution in [3.05, 3.63) is 23.4 Å². The number of aromatic nitrogens is 2. The molecule has 7 nitrogen and oxygen atoms in total. The Hall–Kier alpha value is -1.77. The van der Waals surface area contributed by atoms with Crippen molar-refractivity contribution in [1.82, 2.24) is 19.9 Å². The number of hydrogen-bond acceptors (Lipinski definition) is 7. The number of carbonyl (C=O) groups is 1. The first-order valence-electron chi connectivity index (χ1n) is 9.76. The van der Waals surface area contributed by atoms with E-state index >= 15 is 0 Å². The van der Waals surface area contributed by atoms with Gasteiger partial charge < -0.3 is 14.5 Å². The zero-order valence-corrected chi connectivity index (χ0v) is 16.2. The summed E-state index contributed by atoms with van der Waals surface area (Å²) in [4.78, 5) is 22.1. The predicted octanol–water partition coefficient (Wildman–Crippen LogP) is 2.38. The molecule has 1 N–H and O–H groups in total. The van der Waals surface area contributed by atoms with Crippen molar-refractivity contribution in [3.8, 4) is 10.7 Å². The van der Waals surface area contributed by atoms with Crippen LogP contribution in [0.5, 0.6) is 0 Å². The molecule has 2 fully saturated rings. The molecule has 1 unspecified atom stereocenters. The third-order valence-electron chi connectivity index (χ3n) is 5.60. The van der Waals surface area contributed by atoms with Gasteiger partial charge in [-0.15, -0.1) is 11.3 Å². The second-order valence-corrected chi connectivity index (χ2v) is 8.38. The van der Waals surface area contributed by atoms with Crippen molar-refractivity contribution in [3.63, 3.8) is 0 Å². The van der Waals surface area contributed by atoms with E-state index in [4.69, 9.17) is 4.52 Å². The van der Waals surface area contributed by atoms with Crippen molar-refractivity contribution in [2.45, 2.75) is 44.8 Å². The van der Waals surface area contributed by atoms with E-state index < -0.39 is 6.10 Å². The van der Waals surface area contributed by atoms with Crippen LogP contribution in [0, 0.1) is 5.92 Å². The fourth-order valence-electron chi connectivity index (χ4n) is 3.98. The number of piperazine rings is 1. The highest BCUT2D eigenvalue weighted by molar-refractivity contribution is 7.13. The van der Waals surface area contributed by atoms with Gasteiger partial charge in [-0.2, -0.15) is 4.98 Å². The summed E-state index contributed by atoms with van der Waals surface area (Å²) >= 11 is 1.59. The molecular formula is C19H26N4O3S. The summed E-state index contributed by atoms with van der Waals surface area (Å²) in [6.07, 6.45) is 4.58. The minimum absolute atomic E-state index is 0.0979. The van der Waals surface area contributed by atoms with Crippen LogP contribution in [0.2, 0.25) is 0 Å². The largest absolute Gasteiger partial charge is 0.383 e. The highest BCUT2D eigenvalue weighted by Crippen LogP contribution is 2.27. The Labute approximate surface area is 163 Å². The summed E-state index contributed by atoms with van der Waals surface area (Å²) in [5.41, 5.74) is 0. The van der Waals surface area contributed by atoms with Crippen LogP contribution in [0.1, 0.15) is 38.0 Å². The molecule has 1 saturated carbocycles. The number of rotatable bonds is 5. The van der Waals surface area contributed by atoms with E-state index in [0.717, 1.165) is 43.6 Å². The normalized spacial score (nSPS) is 20.7. The Morgan fingerprint density at radius 2 is 2.04 bits per heavy atom. The van der Waals surface area contributed by atoms with Crippen molar-refractivity contribution >= 4 is 17.2 Å². The van der Waals surface area contributed by atoms with Crippen molar-refractivity contribution in [2.75, 3.05) is 26.2 Å². The average molecular weight is 391 g/mol. The number of aliphatic hydroxyl groups is 1. The van der Waals surface area contributed by atoms with Gasteiger partial charge in [-0.25, -0.2) is 0 Å². The molecule has 0 bridgehead atoms. The van der Waals surface area contributed by atoms with Crippen molar-refractivity contribution < 1.29 is 14.4 Å². The maximum absolute atomic E-state index is 12.6. The lowest BCUT2D eigenvalue weighted by molar-refractivity contribution is -0.145. The highest BCUT2D eigenvalue weighted by atomic mass is 32.1. The molecule has 1 atom stereocenters. The molecule has 27 heavy (non-hydrogen) atoms. The molecule has 1 aliphatic carbocycles. The molecule has 2 aliphatic rings. The van der Waals surface area contributed by atoms with Crippen LogP contribution in [0.15, 0.2) is 22.0 Å². The summed E-state index contributed by atoms with van der Waals surface area (Å²) in [6.45, 7) is 3.36. The summed E-state index contributed by atoms with van der Waals surface area (Å²) < 4.78 is 5.37. The molecule has 146 valence electrons. The van der Waals surface area contributed by atoms with Crippen molar-refractivity contribution in [1.29, 1.82) is 0 Å². The fourth-order valence-corrected chi connectivity index (χ4v) is 4.63. The molecule has 0 spiro atoms. The van der Waals surface area contributed by atoms with Crippen LogP contribution in [-0.4, -0.2) is 63.2 Å². The van der Waals surface area contributed by atoms with Crippen LogP contribution >= 0.6 is 11.3 Å². The molecule has 4 rings (SSSR count). The zero-order valence-electron chi connectivity index (χ0n) is 15.4. The number of aliphatic hydroxyl groups excluding tert-OH is 1. The van der Waals surface area contributed by atoms with Crippen LogP contribution < -0.4 is 0 Å². The summed E-state index contributed by atoms with van der Waals surface area (Å²) in [5, 5.41) is 16.5. The first-order valence-corrected chi connectivity index (χ1v) is 10.6. The Morgan fingerprint density at radius 3 is 2.74 bits per heavy atom. The summed E-state index contributed by atoms with van der Waals surface area (Å²) in [5.74, 6) is 1.27. The van der Waals surface area contributed by atoms with Gasteiger partial charge in [-0.05, 0) is 30.2 Å². The Morgan fingerprint density at radius 1 is 1.26 bits per heavy atom. The van der Waals surface area contributed by atoms with Crippen LogP contribution in [0.3, 0.4) is 0 Å². The van der Waals surface area contributed by atoms with E-state index in [2.05, 4.69) is 15.0 Å². The average Bonchev–Trinajstić information content (AvgIpc) is 3.40. The number of amides is 1. The smallest absolute Gasteiger partial charge is 0.251 e. The molecular weight excluding hydrogens is 364 g/mol. The van der Waals surface area contributed by atoms with E-state index in [1.807, 2.05) is 17.5 Å². The number of hydrogen-bond donors (Lipinski definition) is 1. The minimum atomic E-state index is -0.832. The SMILES string of the molecule is O=C(C(O)C1CCCCC1)N1CCN(Cc2nc(-c3cccs3)no2)CC1. The maximum atomic E-state index is 12.6.